The first-order valence-corrected chi connectivity index (χ1v) is 4.87. The molecule has 12 heavy (non-hydrogen) atoms. The van der Waals surface area contributed by atoms with Crippen molar-refractivity contribution in [2.75, 3.05) is 6.61 Å². The van der Waals surface area contributed by atoms with Crippen molar-refractivity contribution in [3.05, 3.63) is 0 Å². The minimum Gasteiger partial charge on any atom is -0.465 e. The second kappa shape index (κ2) is 2.75. The lowest BCUT2D eigenvalue weighted by Gasteiger charge is -2.32. The molecule has 0 bridgehead atoms. The minimum absolute atomic E-state index is 0.0547. The van der Waals surface area contributed by atoms with Crippen LogP contribution in [0.4, 0.5) is 0 Å². The van der Waals surface area contributed by atoms with Crippen molar-refractivity contribution < 1.29 is 9.53 Å². The van der Waals surface area contributed by atoms with E-state index in [2.05, 4.69) is 13.8 Å². The maximum atomic E-state index is 11.3. The van der Waals surface area contributed by atoms with Crippen LogP contribution in [0.25, 0.3) is 0 Å². The fourth-order valence-electron chi connectivity index (χ4n) is 2.64. The summed E-state index contributed by atoms with van der Waals surface area (Å²) in [5.41, 5.74) is 0. The molecule has 2 aliphatic rings. The first kappa shape index (κ1) is 8.09. The Morgan fingerprint density at radius 2 is 1.92 bits per heavy atom. The molecule has 2 fully saturated rings. The van der Waals surface area contributed by atoms with Crippen molar-refractivity contribution in [2.24, 2.45) is 23.7 Å². The van der Waals surface area contributed by atoms with Crippen molar-refractivity contribution in [3.8, 4) is 0 Å². The van der Waals surface area contributed by atoms with Crippen LogP contribution in [0.1, 0.15) is 26.7 Å². The molecule has 2 nitrogen and oxygen atoms in total. The summed E-state index contributed by atoms with van der Waals surface area (Å²) in [4.78, 5) is 11.3. The largest absolute Gasteiger partial charge is 0.465 e. The Labute approximate surface area is 73.3 Å². The Morgan fingerprint density at radius 1 is 1.25 bits per heavy atom. The van der Waals surface area contributed by atoms with Gasteiger partial charge >= 0.3 is 5.97 Å². The van der Waals surface area contributed by atoms with Crippen molar-refractivity contribution in [2.45, 2.75) is 26.7 Å². The van der Waals surface area contributed by atoms with E-state index in [4.69, 9.17) is 4.74 Å². The summed E-state index contributed by atoms with van der Waals surface area (Å²) in [5, 5.41) is 0. The van der Waals surface area contributed by atoms with Gasteiger partial charge in [0.05, 0.1) is 12.5 Å². The Bertz CT molecular complexity index is 200. The van der Waals surface area contributed by atoms with Gasteiger partial charge in [-0.05, 0) is 18.3 Å². The van der Waals surface area contributed by atoms with Crippen LogP contribution >= 0.6 is 0 Å². The number of carbonyl (C=O) groups excluding carboxylic acids is 1. The van der Waals surface area contributed by atoms with Crippen LogP contribution in [0.5, 0.6) is 0 Å². The van der Waals surface area contributed by atoms with Gasteiger partial charge in [0.15, 0.2) is 0 Å². The number of fused-ring (bicyclic) bond motifs is 1. The SMILES string of the molecule is CC1CC[C@H](C)C2COC(=O)C12. The van der Waals surface area contributed by atoms with Gasteiger partial charge < -0.3 is 4.74 Å². The fraction of sp³-hybridized carbons (Fsp3) is 0.900. The Kier molecular flexibility index (Phi) is 1.85. The first-order chi connectivity index (χ1) is 5.70. The molecule has 68 valence electrons. The Hall–Kier alpha value is -0.530. The van der Waals surface area contributed by atoms with Crippen molar-refractivity contribution in [1.29, 1.82) is 0 Å². The number of ether oxygens (including phenoxy) is 1. The van der Waals surface area contributed by atoms with Crippen LogP contribution in [0.15, 0.2) is 0 Å². The average Bonchev–Trinajstić information content (AvgIpc) is 2.42. The van der Waals surface area contributed by atoms with E-state index in [0.717, 1.165) is 0 Å². The van der Waals surface area contributed by atoms with Crippen LogP contribution in [0.2, 0.25) is 0 Å². The maximum Gasteiger partial charge on any atom is 0.309 e. The van der Waals surface area contributed by atoms with Gasteiger partial charge in [-0.3, -0.25) is 4.79 Å². The van der Waals surface area contributed by atoms with Gasteiger partial charge in [0.1, 0.15) is 0 Å². The second-order valence-electron chi connectivity index (χ2n) is 4.35. The molecule has 0 N–H and O–H groups in total. The molecule has 0 amide bonds. The molecule has 1 aliphatic heterocycles. The van der Waals surface area contributed by atoms with Crippen LogP contribution in [0, 0.1) is 23.7 Å². The van der Waals surface area contributed by atoms with Crippen molar-refractivity contribution in [3.63, 3.8) is 0 Å². The molecule has 0 aromatic heterocycles. The average molecular weight is 168 g/mol. The van der Waals surface area contributed by atoms with E-state index in [-0.39, 0.29) is 11.9 Å². The molecule has 0 aromatic rings. The van der Waals surface area contributed by atoms with Gasteiger partial charge in [-0.25, -0.2) is 0 Å². The van der Waals surface area contributed by atoms with Crippen LogP contribution < -0.4 is 0 Å². The summed E-state index contributed by atoms with van der Waals surface area (Å²) in [6.45, 7) is 5.09. The third-order valence-electron chi connectivity index (χ3n) is 3.57. The zero-order valence-corrected chi connectivity index (χ0v) is 7.75. The molecular formula is C10H16O2. The lowest BCUT2D eigenvalue weighted by Crippen LogP contribution is -2.32. The van der Waals surface area contributed by atoms with E-state index in [0.29, 0.717) is 24.4 Å². The number of esters is 1. The maximum absolute atomic E-state index is 11.3. The topological polar surface area (TPSA) is 26.3 Å². The molecule has 0 spiro atoms. The van der Waals surface area contributed by atoms with Gasteiger partial charge in [0.2, 0.25) is 0 Å². The number of cyclic esters (lactones) is 1. The molecule has 2 heteroatoms. The third kappa shape index (κ3) is 1.05. The smallest absolute Gasteiger partial charge is 0.309 e. The zero-order chi connectivity index (χ0) is 8.72. The normalized spacial score (nSPS) is 47.0. The lowest BCUT2D eigenvalue weighted by molar-refractivity contribution is -0.142. The summed E-state index contributed by atoms with van der Waals surface area (Å²) < 4.78 is 5.10. The molecule has 1 aliphatic carbocycles. The molecule has 1 heterocycles. The molecule has 1 saturated carbocycles. The van der Waals surface area contributed by atoms with Crippen LogP contribution in [0.3, 0.4) is 0 Å². The van der Waals surface area contributed by atoms with E-state index in [9.17, 15) is 4.79 Å². The number of carbonyl (C=O) groups is 1. The van der Waals surface area contributed by atoms with E-state index in [1.165, 1.54) is 12.8 Å². The highest BCUT2D eigenvalue weighted by Crippen LogP contribution is 2.42. The van der Waals surface area contributed by atoms with E-state index in [1.54, 1.807) is 0 Å². The standard InChI is InChI=1S/C10H16O2/c1-6-3-4-7(2)9-8(6)5-12-10(9)11/h6-9H,3-5H2,1-2H3/t6-,7?,8?,9?/m0/s1. The fourth-order valence-corrected chi connectivity index (χ4v) is 2.64. The van der Waals surface area contributed by atoms with Gasteiger partial charge in [-0.1, -0.05) is 20.3 Å². The predicted octanol–water partition coefficient (Wildman–Crippen LogP) is 1.84. The summed E-state index contributed by atoms with van der Waals surface area (Å²) in [7, 11) is 0. The van der Waals surface area contributed by atoms with Crippen LogP contribution in [-0.4, -0.2) is 12.6 Å². The molecule has 0 radical (unpaired) electrons. The van der Waals surface area contributed by atoms with Crippen molar-refractivity contribution in [1.82, 2.24) is 0 Å². The number of rotatable bonds is 0. The summed E-state index contributed by atoms with van der Waals surface area (Å²) in [6.07, 6.45) is 2.45. The quantitative estimate of drug-likeness (QED) is 0.516. The highest BCUT2D eigenvalue weighted by atomic mass is 16.5. The highest BCUT2D eigenvalue weighted by Gasteiger charge is 2.45. The second-order valence-corrected chi connectivity index (χ2v) is 4.35. The molecule has 3 unspecified atom stereocenters. The lowest BCUT2D eigenvalue weighted by atomic mass is 9.69. The molecule has 0 aromatic carbocycles. The molecule has 2 rings (SSSR count). The van der Waals surface area contributed by atoms with Crippen LogP contribution in [-0.2, 0) is 9.53 Å². The van der Waals surface area contributed by atoms with Gasteiger partial charge in [-0.15, -0.1) is 0 Å². The van der Waals surface area contributed by atoms with E-state index in [1.807, 2.05) is 0 Å². The third-order valence-corrected chi connectivity index (χ3v) is 3.57. The monoisotopic (exact) mass is 168 g/mol. The predicted molar refractivity (Wildman–Crippen MR) is 45.5 cm³/mol. The van der Waals surface area contributed by atoms with E-state index >= 15 is 0 Å². The van der Waals surface area contributed by atoms with Crippen molar-refractivity contribution >= 4 is 5.97 Å². The number of hydrogen-bond donors (Lipinski definition) is 0. The minimum atomic E-state index is 0.0547. The zero-order valence-electron chi connectivity index (χ0n) is 7.75. The van der Waals surface area contributed by atoms with Gasteiger partial charge in [0, 0.05) is 5.92 Å². The Morgan fingerprint density at radius 3 is 2.58 bits per heavy atom. The summed E-state index contributed by atoms with van der Waals surface area (Å²) in [5.74, 6) is 2.01. The summed E-state index contributed by atoms with van der Waals surface area (Å²) >= 11 is 0. The van der Waals surface area contributed by atoms with Gasteiger partial charge in [0.25, 0.3) is 0 Å². The summed E-state index contributed by atoms with van der Waals surface area (Å²) in [6, 6.07) is 0. The van der Waals surface area contributed by atoms with Gasteiger partial charge in [-0.2, -0.15) is 0 Å². The van der Waals surface area contributed by atoms with E-state index < -0.39 is 0 Å². The molecular weight excluding hydrogens is 152 g/mol. The molecule has 4 atom stereocenters. The number of hydrogen-bond acceptors (Lipinski definition) is 2. The highest BCUT2D eigenvalue weighted by molar-refractivity contribution is 5.75. The Balaban J connectivity index is 2.18. The molecule has 1 saturated heterocycles. The first-order valence-electron chi connectivity index (χ1n) is 4.87.